The third kappa shape index (κ3) is 4.66. The van der Waals surface area contributed by atoms with Gasteiger partial charge in [0.1, 0.15) is 23.2 Å². The smallest absolute Gasteiger partial charge is 0.317 e. The third-order valence-electron chi connectivity index (χ3n) is 4.80. The van der Waals surface area contributed by atoms with Crippen molar-refractivity contribution in [3.8, 4) is 0 Å². The molecule has 0 heterocycles. The highest BCUT2D eigenvalue weighted by atomic mass is 79.9. The summed E-state index contributed by atoms with van der Waals surface area (Å²) in [6.45, 7) is 0. The lowest BCUT2D eigenvalue weighted by Crippen LogP contribution is -2.33. The first-order chi connectivity index (χ1) is 13.3. The quantitative estimate of drug-likeness (QED) is 0.363. The number of hydrogen-bond donors (Lipinski definition) is 0. The number of rotatable bonds is 8. The van der Waals surface area contributed by atoms with Gasteiger partial charge >= 0.3 is 5.97 Å². The molecule has 138 valence electrons. The number of halogens is 1. The summed E-state index contributed by atoms with van der Waals surface area (Å²) >= 11 is 2.77. The van der Waals surface area contributed by atoms with Gasteiger partial charge in [0.05, 0.1) is 6.16 Å². The summed E-state index contributed by atoms with van der Waals surface area (Å²) in [5.41, 5.74) is 0. The van der Waals surface area contributed by atoms with Crippen LogP contribution in [-0.2, 0) is 8.62 Å². The fraction of sp³-hybridized carbons (Fsp3) is 0.174. The average molecular weight is 442 g/mol. The van der Waals surface area contributed by atoms with Crippen molar-refractivity contribution in [2.45, 2.75) is 19.3 Å². The molecule has 4 heteroatoms. The van der Waals surface area contributed by atoms with Crippen LogP contribution in [0.25, 0.3) is 0 Å². The van der Waals surface area contributed by atoms with Gasteiger partial charge in [-0.05, 0) is 49.2 Å². The van der Waals surface area contributed by atoms with Crippen LogP contribution in [-0.4, -0.2) is 12.1 Å². The Kier molecular flexibility index (Phi) is 7.20. The molecule has 0 saturated heterocycles. The van der Waals surface area contributed by atoms with Crippen molar-refractivity contribution < 1.29 is 8.62 Å². The van der Waals surface area contributed by atoms with Crippen molar-refractivity contribution >= 4 is 45.4 Å². The maximum Gasteiger partial charge on any atom is 0.317 e. The Morgan fingerprint density at radius 3 is 1.48 bits per heavy atom. The van der Waals surface area contributed by atoms with Crippen molar-refractivity contribution in [1.82, 2.24) is 0 Å². The first kappa shape index (κ1) is 19.8. The van der Waals surface area contributed by atoms with E-state index in [2.05, 4.69) is 111 Å². The normalized spacial score (nSPS) is 11.1. The number of benzene rings is 3. The number of carbonyl (C=O) groups excluding carboxylic acids is 1. The summed E-state index contributed by atoms with van der Waals surface area (Å²) in [7, 11) is -1.79. The Balaban J connectivity index is 2.04. The lowest BCUT2D eigenvalue weighted by molar-refractivity contribution is -0.132. The molecule has 3 aromatic rings. The molecule has 0 aliphatic carbocycles. The minimum Gasteiger partial charge on any atom is -0.384 e. The van der Waals surface area contributed by atoms with Gasteiger partial charge in [-0.15, -0.1) is 0 Å². The van der Waals surface area contributed by atoms with E-state index in [1.165, 1.54) is 15.9 Å². The molecule has 0 aliphatic heterocycles. The third-order valence-corrected chi connectivity index (χ3v) is 9.69. The van der Waals surface area contributed by atoms with Gasteiger partial charge in [-0.3, -0.25) is 4.79 Å². The van der Waals surface area contributed by atoms with Gasteiger partial charge in [-0.25, -0.2) is 0 Å². The Morgan fingerprint density at radius 2 is 1.11 bits per heavy atom. The standard InChI is InChI=1S/C23H23BrO2P/c24-26-23(25)18-10-11-19-27(20-12-4-1-5-13-20,21-14-6-2-7-15-21)22-16-8-3-9-17-22/h1-9,12-17H,10-11,18-19H2/q+1. The van der Waals surface area contributed by atoms with E-state index in [4.69, 9.17) is 0 Å². The second-order valence-corrected chi connectivity index (χ2v) is 10.4. The van der Waals surface area contributed by atoms with E-state index in [1.54, 1.807) is 0 Å². The molecule has 0 aromatic heterocycles. The highest BCUT2D eigenvalue weighted by molar-refractivity contribution is 9.06. The van der Waals surface area contributed by atoms with Gasteiger partial charge in [0.2, 0.25) is 0 Å². The maximum atomic E-state index is 11.5. The van der Waals surface area contributed by atoms with E-state index in [9.17, 15) is 4.79 Å². The van der Waals surface area contributed by atoms with Crippen LogP contribution in [0, 0.1) is 0 Å². The minimum absolute atomic E-state index is 0.210. The van der Waals surface area contributed by atoms with Crippen LogP contribution in [0.1, 0.15) is 19.3 Å². The molecule has 0 unspecified atom stereocenters. The molecule has 0 spiro atoms. The molecule has 3 rings (SSSR count). The lowest BCUT2D eigenvalue weighted by Gasteiger charge is -2.27. The van der Waals surface area contributed by atoms with E-state index < -0.39 is 7.26 Å². The van der Waals surface area contributed by atoms with Gasteiger partial charge in [0.25, 0.3) is 0 Å². The molecule has 3 aromatic carbocycles. The van der Waals surface area contributed by atoms with E-state index in [-0.39, 0.29) is 5.97 Å². The van der Waals surface area contributed by atoms with Crippen LogP contribution in [0.4, 0.5) is 0 Å². The fourth-order valence-electron chi connectivity index (χ4n) is 3.54. The SMILES string of the molecule is O=C(CCCC[P+](c1ccccc1)(c1ccccc1)c1ccccc1)OBr. The molecular weight excluding hydrogens is 419 g/mol. The van der Waals surface area contributed by atoms with Crippen LogP contribution in [0.3, 0.4) is 0 Å². The fourth-order valence-corrected chi connectivity index (χ4v) is 8.11. The summed E-state index contributed by atoms with van der Waals surface area (Å²) in [6, 6.07) is 32.5. The molecule has 0 N–H and O–H groups in total. The molecule has 0 radical (unpaired) electrons. The minimum atomic E-state index is -1.79. The van der Waals surface area contributed by atoms with Crippen LogP contribution in [0.5, 0.6) is 0 Å². The zero-order chi connectivity index (χ0) is 19.0. The first-order valence-electron chi connectivity index (χ1n) is 9.14. The summed E-state index contributed by atoms with van der Waals surface area (Å²) < 4.78 is 4.62. The van der Waals surface area contributed by atoms with Crippen LogP contribution >= 0.6 is 23.5 Å². The molecule has 0 aliphatic rings. The van der Waals surface area contributed by atoms with E-state index >= 15 is 0 Å². The van der Waals surface area contributed by atoms with Crippen LogP contribution in [0.2, 0.25) is 0 Å². The summed E-state index contributed by atoms with van der Waals surface area (Å²) in [5, 5.41) is 4.14. The highest BCUT2D eigenvalue weighted by Crippen LogP contribution is 2.55. The monoisotopic (exact) mass is 441 g/mol. The Hall–Kier alpha value is -1.96. The van der Waals surface area contributed by atoms with Gasteiger partial charge < -0.3 is 3.83 Å². The maximum absolute atomic E-state index is 11.5. The lowest BCUT2D eigenvalue weighted by atomic mass is 10.2. The van der Waals surface area contributed by atoms with Gasteiger partial charge in [0.15, 0.2) is 16.3 Å². The molecule has 0 fully saturated rings. The molecule has 27 heavy (non-hydrogen) atoms. The van der Waals surface area contributed by atoms with E-state index in [0.717, 1.165) is 19.0 Å². The molecule has 0 atom stereocenters. The Labute approximate surface area is 170 Å². The largest absolute Gasteiger partial charge is 0.384 e. The van der Waals surface area contributed by atoms with E-state index in [0.29, 0.717) is 6.42 Å². The van der Waals surface area contributed by atoms with Gasteiger partial charge in [-0.1, -0.05) is 54.6 Å². The van der Waals surface area contributed by atoms with Gasteiger partial charge in [-0.2, -0.15) is 0 Å². The van der Waals surface area contributed by atoms with Crippen molar-refractivity contribution in [3.05, 3.63) is 91.0 Å². The first-order valence-corrected chi connectivity index (χ1v) is 11.8. The van der Waals surface area contributed by atoms with Crippen molar-refractivity contribution in [2.24, 2.45) is 0 Å². The van der Waals surface area contributed by atoms with Crippen molar-refractivity contribution in [2.75, 3.05) is 6.16 Å². The molecule has 0 saturated carbocycles. The topological polar surface area (TPSA) is 26.3 Å². The average Bonchev–Trinajstić information content (AvgIpc) is 2.75. The zero-order valence-corrected chi connectivity index (χ0v) is 17.6. The molecule has 2 nitrogen and oxygen atoms in total. The number of unbranched alkanes of at least 4 members (excludes halogenated alkanes) is 1. The molecule has 0 amide bonds. The molecule has 0 bridgehead atoms. The number of hydrogen-bond acceptors (Lipinski definition) is 2. The van der Waals surface area contributed by atoms with Crippen molar-refractivity contribution in [3.63, 3.8) is 0 Å². The Morgan fingerprint density at radius 1 is 0.704 bits per heavy atom. The van der Waals surface area contributed by atoms with E-state index in [1.807, 2.05) is 0 Å². The second kappa shape index (κ2) is 9.82. The molecular formula is C23H23BrO2P+. The summed E-state index contributed by atoms with van der Waals surface area (Å²) in [4.78, 5) is 11.5. The summed E-state index contributed by atoms with van der Waals surface area (Å²) in [5.74, 6) is -0.210. The zero-order valence-electron chi connectivity index (χ0n) is 15.1. The van der Waals surface area contributed by atoms with Crippen LogP contribution < -0.4 is 15.9 Å². The highest BCUT2D eigenvalue weighted by Gasteiger charge is 2.44. The second-order valence-electron chi connectivity index (χ2n) is 6.45. The van der Waals surface area contributed by atoms with Gasteiger partial charge in [0, 0.05) is 6.42 Å². The number of carbonyl (C=O) groups is 1. The van der Waals surface area contributed by atoms with Crippen molar-refractivity contribution in [1.29, 1.82) is 0 Å². The predicted molar refractivity (Wildman–Crippen MR) is 119 cm³/mol. The van der Waals surface area contributed by atoms with Crippen LogP contribution in [0.15, 0.2) is 91.0 Å². The summed E-state index contributed by atoms with van der Waals surface area (Å²) in [6.07, 6.45) is 3.25. The predicted octanol–water partition coefficient (Wildman–Crippen LogP) is 5.00. The Bertz CT molecular complexity index is 741.